The molecule has 1 unspecified atom stereocenters. The van der Waals surface area contributed by atoms with Crippen molar-refractivity contribution in [3.63, 3.8) is 0 Å². The van der Waals surface area contributed by atoms with Crippen LogP contribution in [0.4, 0.5) is 0 Å². The minimum absolute atomic E-state index is 0.141. The van der Waals surface area contributed by atoms with Crippen LogP contribution in [0.3, 0.4) is 0 Å². The van der Waals surface area contributed by atoms with E-state index in [2.05, 4.69) is 31.7 Å². The van der Waals surface area contributed by atoms with Crippen LogP contribution in [0.15, 0.2) is 0 Å². The van der Waals surface area contributed by atoms with E-state index in [1.54, 1.807) is 0 Å². The van der Waals surface area contributed by atoms with Crippen LogP contribution < -0.4 is 0 Å². The Morgan fingerprint density at radius 2 is 1.85 bits per heavy atom. The van der Waals surface area contributed by atoms with Gasteiger partial charge in [0.1, 0.15) is 0 Å². The number of nitriles is 1. The van der Waals surface area contributed by atoms with Crippen LogP contribution in [0.1, 0.15) is 40.0 Å². The molecule has 0 aliphatic carbocycles. The lowest BCUT2D eigenvalue weighted by molar-refractivity contribution is 0.218. The van der Waals surface area contributed by atoms with Gasteiger partial charge in [0.25, 0.3) is 0 Å². The maximum atomic E-state index is 9.06. The number of nitrogens with zero attached hydrogens (tertiary/aromatic N) is 2. The molecule has 0 aromatic heterocycles. The molecule has 0 aromatic carbocycles. The second-order valence-electron chi connectivity index (χ2n) is 5.15. The third kappa shape index (κ3) is 3.36. The van der Waals surface area contributed by atoms with E-state index in [9.17, 15) is 0 Å². The van der Waals surface area contributed by atoms with Crippen molar-refractivity contribution in [3.8, 4) is 6.07 Å². The zero-order valence-electron chi connectivity index (χ0n) is 9.01. The highest BCUT2D eigenvalue weighted by Gasteiger charge is 2.25. The van der Waals surface area contributed by atoms with Crippen LogP contribution in [0.25, 0.3) is 0 Å². The smallest absolute Gasteiger partial charge is 0.0982 e. The van der Waals surface area contributed by atoms with Crippen LogP contribution in [-0.2, 0) is 0 Å². The van der Waals surface area contributed by atoms with E-state index in [0.717, 1.165) is 19.5 Å². The summed E-state index contributed by atoms with van der Waals surface area (Å²) < 4.78 is 0. The Bertz CT molecular complexity index is 191. The summed E-state index contributed by atoms with van der Waals surface area (Å²) in [5, 5.41) is 9.06. The van der Waals surface area contributed by atoms with E-state index in [1.165, 1.54) is 12.8 Å². The molecule has 1 aliphatic rings. The Labute approximate surface area is 81.5 Å². The average molecular weight is 180 g/mol. The second kappa shape index (κ2) is 4.11. The molecule has 1 rings (SSSR count). The number of rotatable bonds is 2. The second-order valence-corrected chi connectivity index (χ2v) is 5.15. The van der Waals surface area contributed by atoms with Gasteiger partial charge in [0.05, 0.1) is 12.1 Å². The summed E-state index contributed by atoms with van der Waals surface area (Å²) in [6.07, 6.45) is 3.52. The predicted molar refractivity (Wildman–Crippen MR) is 54.3 cm³/mol. The lowest BCUT2D eigenvalue weighted by Gasteiger charge is -2.27. The first-order valence-corrected chi connectivity index (χ1v) is 5.16. The molecule has 0 radical (unpaired) electrons. The quantitative estimate of drug-likeness (QED) is 0.652. The van der Waals surface area contributed by atoms with Crippen molar-refractivity contribution in [1.82, 2.24) is 4.90 Å². The Balaban J connectivity index is 2.48. The van der Waals surface area contributed by atoms with Crippen LogP contribution in [0.2, 0.25) is 0 Å². The SMILES string of the molecule is CC(C)(C)CC(C#N)N1CCCC1. The number of hydrogen-bond donors (Lipinski definition) is 0. The average Bonchev–Trinajstić information content (AvgIpc) is 2.50. The molecule has 1 saturated heterocycles. The molecule has 1 atom stereocenters. The van der Waals surface area contributed by atoms with Crippen molar-refractivity contribution in [2.45, 2.75) is 46.1 Å². The highest BCUT2D eigenvalue weighted by molar-refractivity contribution is 4.95. The summed E-state index contributed by atoms with van der Waals surface area (Å²) in [6.45, 7) is 8.84. The number of hydrogen-bond acceptors (Lipinski definition) is 2. The van der Waals surface area contributed by atoms with Gasteiger partial charge in [-0.25, -0.2) is 0 Å². The lowest BCUT2D eigenvalue weighted by atomic mass is 9.88. The van der Waals surface area contributed by atoms with Crippen molar-refractivity contribution < 1.29 is 0 Å². The van der Waals surface area contributed by atoms with Crippen molar-refractivity contribution >= 4 is 0 Å². The Kier molecular flexibility index (Phi) is 3.33. The summed E-state index contributed by atoms with van der Waals surface area (Å²) in [6, 6.07) is 2.57. The fourth-order valence-corrected chi connectivity index (χ4v) is 1.89. The van der Waals surface area contributed by atoms with Gasteiger partial charge in [-0.05, 0) is 37.8 Å². The molecule has 1 aliphatic heterocycles. The summed E-state index contributed by atoms with van der Waals surface area (Å²) in [4.78, 5) is 2.32. The molecule has 2 heteroatoms. The molecule has 0 aromatic rings. The molecule has 13 heavy (non-hydrogen) atoms. The van der Waals surface area contributed by atoms with Gasteiger partial charge >= 0.3 is 0 Å². The molecule has 0 bridgehead atoms. The molecular formula is C11H20N2. The van der Waals surface area contributed by atoms with Gasteiger partial charge < -0.3 is 0 Å². The summed E-state index contributed by atoms with van der Waals surface area (Å²) >= 11 is 0. The first kappa shape index (κ1) is 10.5. The van der Waals surface area contributed by atoms with Gasteiger partial charge in [0.2, 0.25) is 0 Å². The first-order valence-electron chi connectivity index (χ1n) is 5.16. The predicted octanol–water partition coefficient (Wildman–Crippen LogP) is 2.41. The molecule has 1 heterocycles. The van der Waals surface area contributed by atoms with Crippen LogP contribution in [0.5, 0.6) is 0 Å². The van der Waals surface area contributed by atoms with Crippen LogP contribution >= 0.6 is 0 Å². The Morgan fingerprint density at radius 3 is 2.23 bits per heavy atom. The minimum Gasteiger partial charge on any atom is -0.288 e. The van der Waals surface area contributed by atoms with E-state index in [0.29, 0.717) is 0 Å². The minimum atomic E-state index is 0.141. The maximum Gasteiger partial charge on any atom is 0.0982 e. The molecule has 74 valence electrons. The standard InChI is InChI=1S/C11H20N2/c1-11(2,3)8-10(9-12)13-6-4-5-7-13/h10H,4-8H2,1-3H3. The van der Waals surface area contributed by atoms with E-state index in [-0.39, 0.29) is 11.5 Å². The molecular weight excluding hydrogens is 160 g/mol. The molecule has 0 spiro atoms. The highest BCUT2D eigenvalue weighted by Crippen LogP contribution is 2.25. The summed E-state index contributed by atoms with van der Waals surface area (Å²) in [7, 11) is 0. The third-order valence-corrected chi connectivity index (χ3v) is 2.54. The maximum absolute atomic E-state index is 9.06. The Hall–Kier alpha value is -0.550. The van der Waals surface area contributed by atoms with Gasteiger partial charge in [0.15, 0.2) is 0 Å². The summed E-state index contributed by atoms with van der Waals surface area (Å²) in [5.41, 5.74) is 0.267. The van der Waals surface area contributed by atoms with Crippen molar-refractivity contribution in [3.05, 3.63) is 0 Å². The van der Waals surface area contributed by atoms with Gasteiger partial charge in [-0.2, -0.15) is 5.26 Å². The molecule has 0 N–H and O–H groups in total. The van der Waals surface area contributed by atoms with Crippen molar-refractivity contribution in [2.24, 2.45) is 5.41 Å². The van der Waals surface area contributed by atoms with Crippen molar-refractivity contribution in [2.75, 3.05) is 13.1 Å². The van der Waals surface area contributed by atoms with Gasteiger partial charge in [0, 0.05) is 0 Å². The normalized spacial score (nSPS) is 21.4. The highest BCUT2D eigenvalue weighted by atomic mass is 15.2. The fourth-order valence-electron chi connectivity index (χ4n) is 1.89. The Morgan fingerprint density at radius 1 is 1.31 bits per heavy atom. The van der Waals surface area contributed by atoms with Crippen LogP contribution in [-0.4, -0.2) is 24.0 Å². The molecule has 1 fully saturated rings. The van der Waals surface area contributed by atoms with Gasteiger partial charge in [-0.15, -0.1) is 0 Å². The zero-order valence-corrected chi connectivity index (χ0v) is 9.01. The van der Waals surface area contributed by atoms with Gasteiger partial charge in [-0.1, -0.05) is 20.8 Å². The zero-order chi connectivity index (χ0) is 9.90. The lowest BCUT2D eigenvalue weighted by Crippen LogP contribution is -2.34. The van der Waals surface area contributed by atoms with Crippen molar-refractivity contribution in [1.29, 1.82) is 5.26 Å². The molecule has 0 saturated carbocycles. The van der Waals surface area contributed by atoms with E-state index in [1.807, 2.05) is 0 Å². The monoisotopic (exact) mass is 180 g/mol. The summed E-state index contributed by atoms with van der Waals surface area (Å²) in [5.74, 6) is 0. The fraction of sp³-hybridized carbons (Fsp3) is 0.909. The third-order valence-electron chi connectivity index (χ3n) is 2.54. The van der Waals surface area contributed by atoms with E-state index >= 15 is 0 Å². The van der Waals surface area contributed by atoms with Gasteiger partial charge in [-0.3, -0.25) is 4.90 Å². The molecule has 2 nitrogen and oxygen atoms in total. The van der Waals surface area contributed by atoms with Crippen LogP contribution in [0, 0.1) is 16.7 Å². The van der Waals surface area contributed by atoms with E-state index in [4.69, 9.17) is 5.26 Å². The largest absolute Gasteiger partial charge is 0.288 e. The topological polar surface area (TPSA) is 27.0 Å². The first-order chi connectivity index (χ1) is 6.03. The van der Waals surface area contributed by atoms with E-state index < -0.39 is 0 Å². The number of likely N-dealkylation sites (tertiary alicyclic amines) is 1. The molecule has 0 amide bonds.